The number of rotatable bonds is 8. The fourth-order valence-corrected chi connectivity index (χ4v) is 4.64. The van der Waals surface area contributed by atoms with E-state index in [1.807, 2.05) is 85.9 Å². The van der Waals surface area contributed by atoms with Crippen molar-refractivity contribution < 1.29 is 14.6 Å². The van der Waals surface area contributed by atoms with Crippen molar-refractivity contribution in [3.8, 4) is 23.0 Å². The molecule has 4 rings (SSSR count). The van der Waals surface area contributed by atoms with Gasteiger partial charge in [0.2, 0.25) is 0 Å². The van der Waals surface area contributed by atoms with Crippen LogP contribution in [0.4, 0.5) is 5.69 Å². The van der Waals surface area contributed by atoms with Crippen molar-refractivity contribution in [3.63, 3.8) is 0 Å². The van der Waals surface area contributed by atoms with Crippen LogP contribution in [0.15, 0.2) is 102 Å². The van der Waals surface area contributed by atoms with Crippen LogP contribution in [0, 0.1) is 0 Å². The first-order chi connectivity index (χ1) is 15.7. The molecule has 4 nitrogen and oxygen atoms in total. The molecule has 0 saturated carbocycles. The van der Waals surface area contributed by atoms with Gasteiger partial charge in [-0.1, -0.05) is 0 Å². The molecule has 0 saturated heterocycles. The monoisotopic (exact) mass is 489 g/mol. The molecule has 32 heavy (non-hydrogen) atoms. The molecule has 0 bridgehead atoms. The van der Waals surface area contributed by atoms with Gasteiger partial charge < -0.3 is 4.74 Å². The summed E-state index contributed by atoms with van der Waals surface area (Å²) >= 11 is 0.203. The molecule has 0 aliphatic carbocycles. The maximum Gasteiger partial charge on any atom is -0.0156 e. The topological polar surface area (TPSA) is 51.0 Å². The van der Waals surface area contributed by atoms with E-state index in [4.69, 9.17) is 9.47 Å². The predicted octanol–water partition coefficient (Wildman–Crippen LogP) is 4.99. The van der Waals surface area contributed by atoms with Crippen molar-refractivity contribution in [2.45, 2.75) is 6.92 Å². The Kier molecular flexibility index (Phi) is 7.23. The summed E-state index contributed by atoms with van der Waals surface area (Å²) in [7, 11) is 0. The number of aromatic hydroxyl groups is 1. The van der Waals surface area contributed by atoms with E-state index in [1.54, 1.807) is 12.1 Å². The van der Waals surface area contributed by atoms with E-state index in [9.17, 15) is 5.11 Å². The van der Waals surface area contributed by atoms with Gasteiger partial charge in [0.05, 0.1) is 6.61 Å². The van der Waals surface area contributed by atoms with Crippen LogP contribution in [0.25, 0.3) is 0 Å². The number of phenols is 1. The first kappa shape index (κ1) is 21.7. The zero-order valence-corrected chi connectivity index (χ0v) is 19.4. The Labute approximate surface area is 194 Å². The molecule has 5 heteroatoms. The van der Waals surface area contributed by atoms with Crippen LogP contribution in [-0.2, 0) is 0 Å². The van der Waals surface area contributed by atoms with Crippen molar-refractivity contribution in [3.05, 3.63) is 103 Å². The molecule has 4 aromatic rings. The van der Waals surface area contributed by atoms with Gasteiger partial charge in [-0.3, -0.25) is 0 Å². The largest absolute Gasteiger partial charge is 0.0163 e. The van der Waals surface area contributed by atoms with E-state index in [0.717, 1.165) is 28.5 Å². The van der Waals surface area contributed by atoms with Crippen LogP contribution in [0.5, 0.6) is 23.0 Å². The minimum Gasteiger partial charge on any atom is -0.0163 e. The summed E-state index contributed by atoms with van der Waals surface area (Å²) in [5.41, 5.74) is 1.91. The van der Waals surface area contributed by atoms with E-state index in [1.165, 1.54) is 8.92 Å². The third-order valence-electron chi connectivity index (χ3n) is 4.52. The van der Waals surface area contributed by atoms with Crippen molar-refractivity contribution in [1.29, 1.82) is 0 Å². The molecule has 1 N–H and O–H groups in total. The molecule has 0 atom stereocenters. The maximum absolute atomic E-state index is 9.40. The number of aliphatic imine (C=N–C) groups is 1. The van der Waals surface area contributed by atoms with E-state index < -0.39 is 0 Å². The van der Waals surface area contributed by atoms with Crippen LogP contribution in [0.3, 0.4) is 0 Å². The summed E-state index contributed by atoms with van der Waals surface area (Å²) in [6.45, 7) is 2.61. The fraction of sp³-hybridized carbons (Fsp3) is 0.0741. The molecule has 0 heterocycles. The minimum absolute atomic E-state index is 0.203. The Morgan fingerprint density at radius 1 is 0.719 bits per heavy atom. The summed E-state index contributed by atoms with van der Waals surface area (Å²) in [5, 5.41) is 9.40. The Hall–Kier alpha value is -3.53. The van der Waals surface area contributed by atoms with Gasteiger partial charge in [0.25, 0.3) is 0 Å². The van der Waals surface area contributed by atoms with E-state index in [-0.39, 0.29) is 15.0 Å². The molecule has 0 aliphatic rings. The van der Waals surface area contributed by atoms with Crippen molar-refractivity contribution in [1.82, 2.24) is 0 Å². The number of nitrogens with zero attached hydrogens (tertiary/aromatic N) is 1. The van der Waals surface area contributed by atoms with E-state index in [2.05, 4.69) is 17.1 Å². The molecule has 0 amide bonds. The molecule has 160 valence electrons. The average Bonchev–Trinajstić information content (AvgIpc) is 2.82. The quantitative estimate of drug-likeness (QED) is 0.281. The Morgan fingerprint density at radius 3 is 1.84 bits per heavy atom. The Bertz CT molecular complexity index is 1150. The predicted molar refractivity (Wildman–Crippen MR) is 131 cm³/mol. The first-order valence-electron chi connectivity index (χ1n) is 10.3. The van der Waals surface area contributed by atoms with Crippen molar-refractivity contribution in [2.24, 2.45) is 4.99 Å². The van der Waals surface area contributed by atoms with Gasteiger partial charge in [0.1, 0.15) is 5.75 Å². The number of hydrogen-bond donors (Lipinski definition) is 1. The summed E-state index contributed by atoms with van der Waals surface area (Å²) < 4.78 is 13.8. The standard InChI is InChI=1S/C27H23NO3Se/c1-2-30-23-11-13-25(14-12-23)31-24-9-3-20(4-10-24)19-28-21-5-15-26(16-6-21)32-27-17-7-22(29)8-18-27/h3-19,29H,2H2,1H3. The second-order valence-corrected chi connectivity index (χ2v) is 9.33. The van der Waals surface area contributed by atoms with Gasteiger partial charge in [-0.05, 0) is 31.2 Å². The molecule has 0 radical (unpaired) electrons. The van der Waals surface area contributed by atoms with Gasteiger partial charge >= 0.3 is 146 Å². The van der Waals surface area contributed by atoms with Crippen molar-refractivity contribution in [2.75, 3.05) is 6.61 Å². The molecule has 0 fully saturated rings. The number of benzene rings is 4. The molecule has 0 aliphatic heterocycles. The van der Waals surface area contributed by atoms with Crippen LogP contribution in [0.2, 0.25) is 0 Å². The molecule has 4 aromatic carbocycles. The summed E-state index contributed by atoms with van der Waals surface area (Å²) in [6, 6.07) is 31.1. The third-order valence-corrected chi connectivity index (χ3v) is 6.65. The smallest absolute Gasteiger partial charge is 0.0156 e. The third kappa shape index (κ3) is 6.24. The molecule has 0 unspecified atom stereocenters. The zero-order valence-electron chi connectivity index (χ0n) is 17.6. The maximum atomic E-state index is 9.40. The second-order valence-electron chi connectivity index (χ2n) is 6.92. The van der Waals surface area contributed by atoms with Gasteiger partial charge in [0.15, 0.2) is 0 Å². The van der Waals surface area contributed by atoms with Gasteiger partial charge in [-0.25, -0.2) is 0 Å². The fourth-order valence-electron chi connectivity index (χ4n) is 2.93. The van der Waals surface area contributed by atoms with Gasteiger partial charge in [-0.2, -0.15) is 0 Å². The summed E-state index contributed by atoms with van der Waals surface area (Å²) in [6.07, 6.45) is 1.85. The first-order valence-corrected chi connectivity index (χ1v) is 12.0. The zero-order chi connectivity index (χ0) is 22.2. The van der Waals surface area contributed by atoms with Gasteiger partial charge in [-0.15, -0.1) is 0 Å². The summed E-state index contributed by atoms with van der Waals surface area (Å²) in [5.74, 6) is 2.67. The molecular weight excluding hydrogens is 465 g/mol. The van der Waals surface area contributed by atoms with E-state index in [0.29, 0.717) is 12.4 Å². The Balaban J connectivity index is 1.33. The number of ether oxygens (including phenoxy) is 2. The minimum atomic E-state index is 0.203. The van der Waals surface area contributed by atoms with Gasteiger partial charge in [0, 0.05) is 0 Å². The summed E-state index contributed by atoms with van der Waals surface area (Å²) in [4.78, 5) is 4.57. The van der Waals surface area contributed by atoms with Crippen LogP contribution in [0.1, 0.15) is 12.5 Å². The van der Waals surface area contributed by atoms with Crippen LogP contribution < -0.4 is 18.4 Å². The van der Waals surface area contributed by atoms with Crippen LogP contribution >= 0.6 is 0 Å². The Morgan fingerprint density at radius 2 is 1.25 bits per heavy atom. The number of phenolic OH excluding ortho intramolecular Hbond substituents is 1. The van der Waals surface area contributed by atoms with Crippen LogP contribution in [-0.4, -0.2) is 32.9 Å². The number of hydrogen-bond acceptors (Lipinski definition) is 4. The molecule has 0 aromatic heterocycles. The molecular formula is C27H23NO3Se. The average molecular weight is 488 g/mol. The normalized spacial score (nSPS) is 10.9. The van der Waals surface area contributed by atoms with Crippen molar-refractivity contribution >= 4 is 35.8 Å². The van der Waals surface area contributed by atoms with E-state index >= 15 is 0 Å². The second kappa shape index (κ2) is 10.7. The SMILES string of the molecule is CCOc1ccc(Oc2ccc(C=Nc3ccc([Se]c4ccc(O)cc4)cc3)cc2)cc1. The molecule has 0 spiro atoms.